The van der Waals surface area contributed by atoms with Gasteiger partial charge in [-0.3, -0.25) is 14.9 Å². The maximum absolute atomic E-state index is 10.2. The molecule has 52 valence electrons. The van der Waals surface area contributed by atoms with Gasteiger partial charge in [0.2, 0.25) is 6.54 Å². The fraction of sp³-hybridized carbons (Fsp3) is 0.750. The molecule has 0 aliphatic heterocycles. The summed E-state index contributed by atoms with van der Waals surface area (Å²) in [5, 5.41) is 8.71. The van der Waals surface area contributed by atoms with E-state index in [-0.39, 0.29) is 5.78 Å². The summed E-state index contributed by atoms with van der Waals surface area (Å²) in [5.74, 6) is -0.367. The smallest absolute Gasteiger partial charge is 0.227 e. The van der Waals surface area contributed by atoms with Gasteiger partial charge in [0.15, 0.2) is 11.2 Å². The van der Waals surface area contributed by atoms with Crippen LogP contribution in [0.25, 0.3) is 0 Å². The third-order valence-corrected chi connectivity index (χ3v) is 1.20. The average Bonchev–Trinajstić information content (AvgIpc) is 1.63. The number of carbonyl (C=O) groups excluding carboxylic acids is 1. The maximum Gasteiger partial charge on any atom is 0.227 e. The molecule has 0 amide bonds. The lowest BCUT2D eigenvalue weighted by atomic mass is 10.3. The Morgan fingerprint density at radius 1 is 1.89 bits per heavy atom. The Hall–Kier alpha value is -0.640. The largest absolute Gasteiger partial charge is 0.298 e. The lowest BCUT2D eigenvalue weighted by molar-refractivity contribution is -0.477. The molecule has 0 saturated heterocycles. The number of rotatable bonds is 3. The van der Waals surface area contributed by atoms with Crippen molar-refractivity contribution in [3.8, 4) is 0 Å². The van der Waals surface area contributed by atoms with Crippen molar-refractivity contribution < 1.29 is 9.72 Å². The van der Waals surface area contributed by atoms with Gasteiger partial charge in [0.25, 0.3) is 0 Å². The first-order valence-corrected chi connectivity index (χ1v) is 2.74. The van der Waals surface area contributed by atoms with E-state index in [2.05, 4.69) is 0 Å². The number of hydrogen-bond acceptors (Lipinski definition) is 3. The fourth-order valence-electron chi connectivity index (χ4n) is 0.259. The Kier molecular flexibility index (Phi) is 3.16. The molecule has 0 fully saturated rings. The zero-order valence-corrected chi connectivity index (χ0v) is 5.59. The molecule has 0 aliphatic carbocycles. The summed E-state index contributed by atoms with van der Waals surface area (Å²) in [5.41, 5.74) is 0. The van der Waals surface area contributed by atoms with Crippen LogP contribution in [-0.4, -0.2) is 22.6 Å². The number of alkyl halides is 1. The van der Waals surface area contributed by atoms with E-state index in [0.717, 1.165) is 0 Å². The molecule has 0 bridgehead atoms. The molecule has 0 aromatic heterocycles. The second-order valence-electron chi connectivity index (χ2n) is 1.59. The van der Waals surface area contributed by atoms with Crippen LogP contribution in [-0.2, 0) is 4.79 Å². The molecule has 0 saturated carbocycles. The maximum atomic E-state index is 10.2. The third-order valence-electron chi connectivity index (χ3n) is 0.750. The summed E-state index contributed by atoms with van der Waals surface area (Å²) in [6.07, 6.45) is 0. The molecule has 0 N–H and O–H groups in total. The van der Waals surface area contributed by atoms with Crippen molar-refractivity contribution in [3.63, 3.8) is 0 Å². The van der Waals surface area contributed by atoms with Gasteiger partial charge in [-0.15, -0.1) is 11.6 Å². The van der Waals surface area contributed by atoms with E-state index < -0.39 is 16.8 Å². The zero-order valence-electron chi connectivity index (χ0n) is 4.83. The van der Waals surface area contributed by atoms with E-state index >= 15 is 0 Å². The Morgan fingerprint density at radius 3 is 2.44 bits per heavy atom. The number of hydrogen-bond donors (Lipinski definition) is 0. The van der Waals surface area contributed by atoms with Crippen LogP contribution in [0.5, 0.6) is 0 Å². The predicted molar refractivity (Wildman–Crippen MR) is 32.2 cm³/mol. The second kappa shape index (κ2) is 3.40. The van der Waals surface area contributed by atoms with Crippen LogP contribution in [0.15, 0.2) is 0 Å². The van der Waals surface area contributed by atoms with Gasteiger partial charge in [-0.05, 0) is 6.92 Å². The summed E-state index contributed by atoms with van der Waals surface area (Å²) in [4.78, 5) is 19.3. The third kappa shape index (κ3) is 3.90. The lowest BCUT2D eigenvalue weighted by Crippen LogP contribution is -2.20. The molecular weight excluding hydrogens is 146 g/mol. The topological polar surface area (TPSA) is 60.2 Å². The number of nitro groups is 1. The van der Waals surface area contributed by atoms with Gasteiger partial charge in [-0.25, -0.2) is 0 Å². The van der Waals surface area contributed by atoms with Crippen molar-refractivity contribution in [2.75, 3.05) is 6.54 Å². The van der Waals surface area contributed by atoms with Gasteiger partial charge in [0, 0.05) is 4.92 Å². The summed E-state index contributed by atoms with van der Waals surface area (Å²) in [6, 6.07) is 0. The molecule has 9 heavy (non-hydrogen) atoms. The van der Waals surface area contributed by atoms with Crippen molar-refractivity contribution >= 4 is 17.4 Å². The van der Waals surface area contributed by atoms with Crippen LogP contribution >= 0.6 is 11.6 Å². The molecule has 1 atom stereocenters. The quantitative estimate of drug-likeness (QED) is 0.335. The number of nitrogens with zero attached hydrogens (tertiary/aromatic N) is 1. The van der Waals surface area contributed by atoms with E-state index in [1.165, 1.54) is 6.92 Å². The minimum atomic E-state index is -0.972. The van der Waals surface area contributed by atoms with Crippen molar-refractivity contribution in [2.45, 2.75) is 12.3 Å². The van der Waals surface area contributed by atoms with E-state index in [1.807, 2.05) is 0 Å². The number of ketones is 1. The Balaban J connectivity index is 3.63. The molecule has 5 heteroatoms. The number of Topliss-reactive ketones (excluding diaryl/α,β-unsaturated/α-hetero) is 1. The fourth-order valence-corrected chi connectivity index (χ4v) is 0.372. The highest BCUT2D eigenvalue weighted by atomic mass is 35.5. The summed E-state index contributed by atoms with van der Waals surface area (Å²) >= 11 is 5.22. The van der Waals surface area contributed by atoms with Crippen LogP contribution < -0.4 is 0 Å². The van der Waals surface area contributed by atoms with E-state index in [1.54, 1.807) is 0 Å². The minimum absolute atomic E-state index is 0.367. The summed E-state index contributed by atoms with van der Waals surface area (Å²) < 4.78 is 0. The molecule has 0 heterocycles. The molecule has 0 rings (SSSR count). The molecule has 0 aromatic rings. The van der Waals surface area contributed by atoms with E-state index in [4.69, 9.17) is 11.6 Å². The van der Waals surface area contributed by atoms with Crippen molar-refractivity contribution in [3.05, 3.63) is 10.1 Å². The highest BCUT2D eigenvalue weighted by Crippen LogP contribution is 1.96. The highest BCUT2D eigenvalue weighted by molar-refractivity contribution is 6.30. The molecule has 1 unspecified atom stereocenters. The molecular formula is C4H6ClNO3. The molecule has 0 aliphatic rings. The van der Waals surface area contributed by atoms with Gasteiger partial charge in [0.05, 0.1) is 0 Å². The summed E-state index contributed by atoms with van der Waals surface area (Å²) in [7, 11) is 0. The van der Waals surface area contributed by atoms with Gasteiger partial charge in [0.1, 0.15) is 0 Å². The highest BCUT2D eigenvalue weighted by Gasteiger charge is 2.15. The van der Waals surface area contributed by atoms with Crippen molar-refractivity contribution in [2.24, 2.45) is 0 Å². The Labute approximate surface area is 57.0 Å². The number of halogens is 1. The summed E-state index contributed by atoms with van der Waals surface area (Å²) in [6.45, 7) is 0.734. The normalized spacial score (nSPS) is 12.7. The van der Waals surface area contributed by atoms with Crippen LogP contribution in [0.2, 0.25) is 0 Å². The first-order valence-electron chi connectivity index (χ1n) is 2.30. The zero-order chi connectivity index (χ0) is 7.44. The average molecular weight is 152 g/mol. The number of carbonyl (C=O) groups is 1. The molecule has 0 spiro atoms. The van der Waals surface area contributed by atoms with Crippen LogP contribution in [0.1, 0.15) is 6.92 Å². The lowest BCUT2D eigenvalue weighted by Gasteiger charge is -1.95. The van der Waals surface area contributed by atoms with Gasteiger partial charge in [-0.1, -0.05) is 0 Å². The first-order chi connectivity index (χ1) is 4.04. The van der Waals surface area contributed by atoms with Crippen molar-refractivity contribution in [1.29, 1.82) is 0 Å². The van der Waals surface area contributed by atoms with Gasteiger partial charge >= 0.3 is 0 Å². The monoisotopic (exact) mass is 151 g/mol. The minimum Gasteiger partial charge on any atom is -0.298 e. The molecule has 0 aromatic carbocycles. The van der Waals surface area contributed by atoms with Gasteiger partial charge in [-0.2, -0.15) is 0 Å². The second-order valence-corrected chi connectivity index (χ2v) is 2.12. The van der Waals surface area contributed by atoms with Crippen LogP contribution in [0.4, 0.5) is 0 Å². The Bertz CT molecular complexity index is 136. The van der Waals surface area contributed by atoms with Gasteiger partial charge < -0.3 is 0 Å². The Morgan fingerprint density at radius 2 is 2.33 bits per heavy atom. The molecule has 4 nitrogen and oxygen atoms in total. The van der Waals surface area contributed by atoms with E-state index in [0.29, 0.717) is 0 Å². The van der Waals surface area contributed by atoms with E-state index in [9.17, 15) is 14.9 Å². The van der Waals surface area contributed by atoms with Crippen LogP contribution in [0.3, 0.4) is 0 Å². The SMILES string of the molecule is CC(=O)C(Cl)C[N+](=O)[O-]. The van der Waals surface area contributed by atoms with Crippen LogP contribution in [0, 0.1) is 10.1 Å². The predicted octanol–water partition coefficient (Wildman–Crippen LogP) is 0.459. The molecule has 0 radical (unpaired) electrons. The van der Waals surface area contributed by atoms with Crippen molar-refractivity contribution in [1.82, 2.24) is 0 Å². The first kappa shape index (κ1) is 8.36. The standard InChI is InChI=1S/C4H6ClNO3/c1-3(7)4(5)2-6(8)9/h4H,2H2,1H3.